The normalized spacial score (nSPS) is 10.3. The summed E-state index contributed by atoms with van der Waals surface area (Å²) in [7, 11) is 0. The quantitative estimate of drug-likeness (QED) is 0.101. The van der Waals surface area contributed by atoms with E-state index in [0.29, 0.717) is 24.3 Å². The predicted molar refractivity (Wildman–Crippen MR) is 145 cm³/mol. The lowest BCUT2D eigenvalue weighted by Gasteiger charge is -2.00. The molecular formula is C31H28Br2N6O2. The molecule has 0 N–H and O–H groups in total. The molecule has 208 valence electrons. The molecule has 2 aromatic heterocycles. The monoisotopic (exact) mass is 674 g/mol. The molecule has 2 aromatic carbocycles. The van der Waals surface area contributed by atoms with Crippen LogP contribution in [0.25, 0.3) is 0 Å². The van der Waals surface area contributed by atoms with Crippen LogP contribution in [0.2, 0.25) is 0 Å². The van der Waals surface area contributed by atoms with E-state index in [4.69, 9.17) is 20.2 Å². The Labute approximate surface area is 260 Å². The third-order valence-corrected chi connectivity index (χ3v) is 5.79. The number of halogens is 2. The number of nitriles is 2. The number of hydrogen-bond donors (Lipinski definition) is 0. The van der Waals surface area contributed by atoms with Crippen LogP contribution in [0.3, 0.4) is 0 Å². The molecule has 10 heteroatoms. The molecule has 0 amide bonds. The molecule has 0 radical (unpaired) electrons. The van der Waals surface area contributed by atoms with Crippen LogP contribution in [0, 0.1) is 22.7 Å². The van der Waals surface area contributed by atoms with Crippen molar-refractivity contribution in [3.8, 4) is 12.1 Å². The van der Waals surface area contributed by atoms with Gasteiger partial charge >= 0.3 is 0 Å². The highest BCUT2D eigenvalue weighted by atomic mass is 79.9. The first-order valence-corrected chi connectivity index (χ1v) is 12.5. The molecular weight excluding hydrogens is 648 g/mol. The second-order valence-electron chi connectivity index (χ2n) is 8.73. The molecule has 41 heavy (non-hydrogen) atoms. The Morgan fingerprint density at radius 1 is 0.634 bits per heavy atom. The number of benzene rings is 2. The highest BCUT2D eigenvalue weighted by Gasteiger charge is 2.05. The van der Waals surface area contributed by atoms with Gasteiger partial charge < -0.3 is 43.6 Å². The van der Waals surface area contributed by atoms with Gasteiger partial charge in [0, 0.05) is 35.4 Å². The Morgan fingerprint density at radius 3 is 1.44 bits per heavy atom. The average molecular weight is 676 g/mol. The summed E-state index contributed by atoms with van der Waals surface area (Å²) in [5.41, 5.74) is 4.92. The van der Waals surface area contributed by atoms with E-state index in [-0.39, 0.29) is 34.0 Å². The molecule has 8 nitrogen and oxygen atoms in total. The van der Waals surface area contributed by atoms with Gasteiger partial charge in [0.1, 0.15) is 13.2 Å². The predicted octanol–water partition coefficient (Wildman–Crippen LogP) is -1.80. The van der Waals surface area contributed by atoms with Crippen LogP contribution < -0.4 is 43.1 Å². The standard InChI is InChI=1S/C31H28N6O2.2BrH/c32-20-28-4-1-6-30(18-28)24-38-34-22-26-8-14-36(15-9-26)12-3-13-37-16-10-27(11-17-37)23-35-39-25-31-7-2-5-29(19-31)21-33;;/h1-2,4-11,14-19,22-23H,3,12-13,24-25H2;2*1H/q+2;;/p-2/b34-22+,35-23+;;. The molecule has 4 rings (SSSR count). The van der Waals surface area contributed by atoms with Crippen molar-refractivity contribution in [3.63, 3.8) is 0 Å². The summed E-state index contributed by atoms with van der Waals surface area (Å²) in [5, 5.41) is 26.0. The van der Waals surface area contributed by atoms with Crippen molar-refractivity contribution in [1.82, 2.24) is 0 Å². The topological polar surface area (TPSA) is 98.5 Å². The maximum atomic E-state index is 8.96. The van der Waals surface area contributed by atoms with Crippen LogP contribution in [-0.2, 0) is 36.0 Å². The van der Waals surface area contributed by atoms with Gasteiger partial charge in [0.2, 0.25) is 0 Å². The van der Waals surface area contributed by atoms with E-state index in [0.717, 1.165) is 41.8 Å². The number of aromatic nitrogens is 2. The number of oxime groups is 2. The van der Waals surface area contributed by atoms with Crippen molar-refractivity contribution in [1.29, 1.82) is 10.5 Å². The summed E-state index contributed by atoms with van der Waals surface area (Å²) in [6, 6.07) is 26.8. The fourth-order valence-electron chi connectivity index (χ4n) is 3.73. The third kappa shape index (κ3) is 11.3. The molecule has 0 bridgehead atoms. The van der Waals surface area contributed by atoms with Gasteiger partial charge in [0.15, 0.2) is 37.9 Å². The third-order valence-electron chi connectivity index (χ3n) is 5.79. The van der Waals surface area contributed by atoms with Crippen LogP contribution >= 0.6 is 0 Å². The van der Waals surface area contributed by atoms with Crippen LogP contribution in [0.15, 0.2) is 108 Å². The molecule has 0 spiro atoms. The summed E-state index contributed by atoms with van der Waals surface area (Å²) in [5.74, 6) is 0. The van der Waals surface area contributed by atoms with Crippen molar-refractivity contribution in [2.45, 2.75) is 32.7 Å². The van der Waals surface area contributed by atoms with Crippen molar-refractivity contribution in [3.05, 3.63) is 131 Å². The van der Waals surface area contributed by atoms with Crippen LogP contribution in [0.4, 0.5) is 0 Å². The molecule has 0 aliphatic heterocycles. The Morgan fingerprint density at radius 2 is 1.05 bits per heavy atom. The van der Waals surface area contributed by atoms with E-state index in [1.807, 2.05) is 73.3 Å². The van der Waals surface area contributed by atoms with E-state index in [2.05, 4.69) is 31.6 Å². The van der Waals surface area contributed by atoms with Gasteiger partial charge in [-0.3, -0.25) is 0 Å². The van der Waals surface area contributed by atoms with Gasteiger partial charge in [-0.05, 0) is 35.4 Å². The Bertz CT molecular complexity index is 1400. The first-order valence-electron chi connectivity index (χ1n) is 12.5. The van der Waals surface area contributed by atoms with Crippen molar-refractivity contribution in [2.24, 2.45) is 10.3 Å². The first-order chi connectivity index (χ1) is 19.2. The minimum atomic E-state index is 0. The largest absolute Gasteiger partial charge is 1.00 e. The Kier molecular flexibility index (Phi) is 14.5. The molecule has 0 aliphatic rings. The molecule has 0 saturated carbocycles. The summed E-state index contributed by atoms with van der Waals surface area (Å²) in [4.78, 5) is 10.7. The van der Waals surface area contributed by atoms with Crippen LogP contribution in [-0.4, -0.2) is 12.4 Å². The molecule has 0 atom stereocenters. The van der Waals surface area contributed by atoms with E-state index >= 15 is 0 Å². The van der Waals surface area contributed by atoms with E-state index in [9.17, 15) is 0 Å². The van der Waals surface area contributed by atoms with Gasteiger partial charge in [-0.25, -0.2) is 9.13 Å². The molecule has 0 fully saturated rings. The molecule has 0 saturated heterocycles. The summed E-state index contributed by atoms with van der Waals surface area (Å²) >= 11 is 0. The van der Waals surface area contributed by atoms with Crippen LogP contribution in [0.5, 0.6) is 0 Å². The SMILES string of the molecule is N#Cc1cccc(CO/N=C/c2cc[n+](CCC[n+]3ccc(/C=N/OCc4cccc(C#N)c4)cc3)cc2)c1.[Br-].[Br-]. The van der Waals surface area contributed by atoms with Crippen LogP contribution in [0.1, 0.15) is 39.8 Å². The lowest BCUT2D eigenvalue weighted by molar-refractivity contribution is -0.726. The molecule has 2 heterocycles. The van der Waals surface area contributed by atoms with Gasteiger partial charge in [-0.2, -0.15) is 10.5 Å². The highest BCUT2D eigenvalue weighted by molar-refractivity contribution is 5.78. The van der Waals surface area contributed by atoms with Crippen molar-refractivity contribution < 1.29 is 52.8 Å². The fraction of sp³-hybridized carbons (Fsp3) is 0.161. The zero-order chi connectivity index (χ0) is 27.1. The Hall–Kier alpha value is -4.38. The smallest absolute Gasteiger partial charge is 0.169 e. The number of nitrogens with zero attached hydrogens (tertiary/aromatic N) is 6. The molecule has 0 aliphatic carbocycles. The number of rotatable bonds is 12. The zero-order valence-corrected chi connectivity index (χ0v) is 25.4. The zero-order valence-electron chi connectivity index (χ0n) is 22.2. The fourth-order valence-corrected chi connectivity index (χ4v) is 3.73. The minimum absolute atomic E-state index is 0. The maximum absolute atomic E-state index is 8.96. The number of pyridine rings is 2. The van der Waals surface area contributed by atoms with Gasteiger partial charge in [0.25, 0.3) is 0 Å². The van der Waals surface area contributed by atoms with Crippen molar-refractivity contribution >= 4 is 12.4 Å². The van der Waals surface area contributed by atoms with E-state index in [1.165, 1.54) is 0 Å². The minimum Gasteiger partial charge on any atom is -1.00 e. The lowest BCUT2D eigenvalue weighted by atomic mass is 10.1. The van der Waals surface area contributed by atoms with Gasteiger partial charge in [-0.1, -0.05) is 34.6 Å². The second kappa shape index (κ2) is 18.1. The summed E-state index contributed by atoms with van der Waals surface area (Å²) < 4.78 is 4.27. The molecule has 0 unspecified atom stereocenters. The average Bonchev–Trinajstić information content (AvgIpc) is 2.99. The Balaban J connectivity index is 0.00000294. The van der Waals surface area contributed by atoms with Gasteiger partial charge in [-0.15, -0.1) is 0 Å². The van der Waals surface area contributed by atoms with E-state index < -0.39 is 0 Å². The second-order valence-corrected chi connectivity index (χ2v) is 8.73. The number of hydrogen-bond acceptors (Lipinski definition) is 6. The molecule has 4 aromatic rings. The summed E-state index contributed by atoms with van der Waals surface area (Å²) in [6.45, 7) is 2.41. The summed E-state index contributed by atoms with van der Waals surface area (Å²) in [6.07, 6.45) is 12.4. The lowest BCUT2D eigenvalue weighted by Crippen LogP contribution is -3.00. The van der Waals surface area contributed by atoms with Crippen molar-refractivity contribution in [2.75, 3.05) is 0 Å². The van der Waals surface area contributed by atoms with Gasteiger partial charge in [0.05, 0.1) is 42.1 Å². The number of aryl methyl sites for hydroxylation is 2. The highest BCUT2D eigenvalue weighted by Crippen LogP contribution is 2.07. The first kappa shape index (κ1) is 32.8. The maximum Gasteiger partial charge on any atom is 0.169 e. The van der Waals surface area contributed by atoms with E-state index in [1.54, 1.807) is 36.7 Å².